The van der Waals surface area contributed by atoms with E-state index < -0.39 is 12.5 Å². The lowest BCUT2D eigenvalue weighted by atomic mass is 10.0. The molecule has 29 heavy (non-hydrogen) atoms. The first-order chi connectivity index (χ1) is 13.8. The Morgan fingerprint density at radius 1 is 1.10 bits per heavy atom. The van der Waals surface area contributed by atoms with Crippen molar-refractivity contribution in [1.29, 1.82) is 0 Å². The van der Waals surface area contributed by atoms with E-state index in [1.54, 1.807) is 0 Å². The molecule has 2 aliphatic rings. The average molecular weight is 409 g/mol. The zero-order chi connectivity index (χ0) is 20.6. The standard InChI is InChI=1S/C20H19F4N3O2/c21-16-10-27(11-16)19(28)15-8-25-18(26-9-15)4-1-12-5-14(13-2-3-13)7-17(6-12)29-20(22,23)24/h5-9,13,16H,1-4,10-11H2. The summed E-state index contributed by atoms with van der Waals surface area (Å²) in [5.74, 6) is 0.247. The number of amides is 1. The molecule has 2 aromatic rings. The Labute approximate surface area is 164 Å². The molecule has 0 unspecified atom stereocenters. The molecule has 1 saturated carbocycles. The second kappa shape index (κ2) is 7.61. The van der Waals surface area contributed by atoms with Crippen LogP contribution in [0.2, 0.25) is 0 Å². The Bertz CT molecular complexity index is 892. The summed E-state index contributed by atoms with van der Waals surface area (Å²) in [5, 5.41) is 0. The molecule has 1 aliphatic carbocycles. The first kappa shape index (κ1) is 19.6. The maximum atomic E-state index is 12.9. The third-order valence-corrected chi connectivity index (χ3v) is 4.98. The van der Waals surface area contributed by atoms with E-state index in [1.165, 1.54) is 29.4 Å². The minimum atomic E-state index is -4.73. The number of halogens is 4. The number of ether oxygens (including phenoxy) is 1. The first-order valence-electron chi connectivity index (χ1n) is 9.41. The fraction of sp³-hybridized carbons (Fsp3) is 0.450. The van der Waals surface area contributed by atoms with Gasteiger partial charge in [0.15, 0.2) is 0 Å². The summed E-state index contributed by atoms with van der Waals surface area (Å²) < 4.78 is 54.7. The van der Waals surface area contributed by atoms with Crippen molar-refractivity contribution in [3.63, 3.8) is 0 Å². The van der Waals surface area contributed by atoms with Crippen LogP contribution in [0, 0.1) is 0 Å². The van der Waals surface area contributed by atoms with Crippen LogP contribution in [-0.4, -0.2) is 46.4 Å². The van der Waals surface area contributed by atoms with Gasteiger partial charge >= 0.3 is 6.36 Å². The Kier molecular flexibility index (Phi) is 5.14. The van der Waals surface area contributed by atoms with Crippen molar-refractivity contribution in [2.75, 3.05) is 13.1 Å². The number of rotatable bonds is 6. The van der Waals surface area contributed by atoms with Gasteiger partial charge in [-0.25, -0.2) is 14.4 Å². The zero-order valence-corrected chi connectivity index (χ0v) is 15.5. The van der Waals surface area contributed by atoms with Crippen LogP contribution in [0.4, 0.5) is 17.6 Å². The molecule has 1 aromatic heterocycles. The van der Waals surface area contributed by atoms with Crippen molar-refractivity contribution in [2.45, 2.75) is 44.1 Å². The zero-order valence-electron chi connectivity index (χ0n) is 15.5. The fourth-order valence-electron chi connectivity index (χ4n) is 3.30. The van der Waals surface area contributed by atoms with Crippen LogP contribution in [-0.2, 0) is 12.8 Å². The minimum Gasteiger partial charge on any atom is -0.406 e. The summed E-state index contributed by atoms with van der Waals surface area (Å²) in [4.78, 5) is 21.8. The number of carbonyl (C=O) groups excluding carboxylic acids is 1. The van der Waals surface area contributed by atoms with Crippen LogP contribution in [0.5, 0.6) is 5.75 Å². The van der Waals surface area contributed by atoms with Gasteiger partial charge in [0.2, 0.25) is 0 Å². The Morgan fingerprint density at radius 3 is 2.38 bits per heavy atom. The molecule has 1 aromatic carbocycles. The lowest BCUT2D eigenvalue weighted by Gasteiger charge is -2.34. The average Bonchev–Trinajstić information content (AvgIpc) is 3.47. The molecule has 5 nitrogen and oxygen atoms in total. The minimum absolute atomic E-state index is 0.0836. The highest BCUT2D eigenvalue weighted by Gasteiger charge is 2.33. The van der Waals surface area contributed by atoms with Gasteiger partial charge in [-0.1, -0.05) is 6.07 Å². The first-order valence-corrected chi connectivity index (χ1v) is 9.41. The molecule has 2 heterocycles. The highest BCUT2D eigenvalue weighted by Crippen LogP contribution is 2.42. The molecular formula is C20H19F4N3O2. The van der Waals surface area contributed by atoms with Gasteiger partial charge in [-0.15, -0.1) is 13.2 Å². The largest absolute Gasteiger partial charge is 0.573 e. The van der Waals surface area contributed by atoms with E-state index >= 15 is 0 Å². The predicted octanol–water partition coefficient (Wildman–Crippen LogP) is 3.83. The monoisotopic (exact) mass is 409 g/mol. The second-order valence-electron chi connectivity index (χ2n) is 7.43. The normalized spacial score (nSPS) is 17.2. The topological polar surface area (TPSA) is 55.3 Å². The molecule has 4 rings (SSSR count). The summed E-state index contributed by atoms with van der Waals surface area (Å²) in [7, 11) is 0. The summed E-state index contributed by atoms with van der Waals surface area (Å²) in [6.07, 6.45) is -0.131. The summed E-state index contributed by atoms with van der Waals surface area (Å²) in [6.45, 7) is 0.167. The van der Waals surface area contributed by atoms with Crippen molar-refractivity contribution in [3.8, 4) is 5.75 Å². The van der Waals surface area contributed by atoms with Crippen LogP contribution >= 0.6 is 0 Å². The quantitative estimate of drug-likeness (QED) is 0.681. The van der Waals surface area contributed by atoms with Gasteiger partial charge in [-0.3, -0.25) is 4.79 Å². The van der Waals surface area contributed by atoms with Crippen molar-refractivity contribution in [3.05, 3.63) is 53.1 Å². The Morgan fingerprint density at radius 2 is 1.79 bits per heavy atom. The maximum absolute atomic E-state index is 12.9. The summed E-state index contributed by atoms with van der Waals surface area (Å²) in [5.41, 5.74) is 1.86. The Hall–Kier alpha value is -2.71. The number of hydrogen-bond acceptors (Lipinski definition) is 4. The number of likely N-dealkylation sites (tertiary alicyclic amines) is 1. The van der Waals surface area contributed by atoms with Crippen LogP contribution in [0.15, 0.2) is 30.6 Å². The molecule has 0 N–H and O–H groups in total. The van der Waals surface area contributed by atoms with Crippen LogP contribution < -0.4 is 4.74 Å². The van der Waals surface area contributed by atoms with Gasteiger partial charge in [0.25, 0.3) is 5.91 Å². The molecule has 1 saturated heterocycles. The molecule has 9 heteroatoms. The van der Waals surface area contributed by atoms with Gasteiger partial charge < -0.3 is 9.64 Å². The third-order valence-electron chi connectivity index (χ3n) is 4.98. The van der Waals surface area contributed by atoms with Crippen molar-refractivity contribution in [1.82, 2.24) is 14.9 Å². The van der Waals surface area contributed by atoms with E-state index in [0.717, 1.165) is 18.4 Å². The smallest absolute Gasteiger partial charge is 0.406 e. The van der Waals surface area contributed by atoms with Crippen molar-refractivity contribution >= 4 is 5.91 Å². The molecule has 154 valence electrons. The number of carbonyl (C=O) groups is 1. The SMILES string of the molecule is O=C(c1cnc(CCc2cc(OC(F)(F)F)cc(C3CC3)c2)nc1)N1CC(F)C1. The summed E-state index contributed by atoms with van der Waals surface area (Å²) >= 11 is 0. The van der Waals surface area contributed by atoms with Crippen LogP contribution in [0.25, 0.3) is 0 Å². The molecule has 0 spiro atoms. The lowest BCUT2D eigenvalue weighted by molar-refractivity contribution is -0.274. The molecule has 1 amide bonds. The van der Waals surface area contributed by atoms with Gasteiger partial charge in [-0.2, -0.15) is 0 Å². The van der Waals surface area contributed by atoms with Crippen molar-refractivity contribution < 1.29 is 27.1 Å². The second-order valence-corrected chi connectivity index (χ2v) is 7.43. The molecule has 0 radical (unpaired) electrons. The number of hydrogen-bond donors (Lipinski definition) is 0. The highest BCUT2D eigenvalue weighted by atomic mass is 19.4. The van der Waals surface area contributed by atoms with Gasteiger partial charge in [0.05, 0.1) is 18.7 Å². The number of nitrogens with zero attached hydrogens (tertiary/aromatic N) is 3. The number of alkyl halides is 4. The maximum Gasteiger partial charge on any atom is 0.573 e. The van der Waals surface area contributed by atoms with E-state index in [-0.39, 0.29) is 36.2 Å². The highest BCUT2D eigenvalue weighted by molar-refractivity contribution is 5.94. The number of aromatic nitrogens is 2. The lowest BCUT2D eigenvalue weighted by Crippen LogP contribution is -2.51. The predicted molar refractivity (Wildman–Crippen MR) is 95.3 cm³/mol. The Balaban J connectivity index is 1.41. The molecule has 1 aliphatic heterocycles. The molecule has 0 bridgehead atoms. The molecule has 2 fully saturated rings. The van der Waals surface area contributed by atoms with E-state index in [1.807, 2.05) is 6.07 Å². The number of aryl methyl sites for hydroxylation is 2. The van der Waals surface area contributed by atoms with Crippen LogP contribution in [0.1, 0.15) is 46.1 Å². The molecule has 0 atom stereocenters. The van der Waals surface area contributed by atoms with E-state index in [4.69, 9.17) is 0 Å². The van der Waals surface area contributed by atoms with Gasteiger partial charge in [0, 0.05) is 18.8 Å². The number of benzene rings is 1. The third kappa shape index (κ3) is 5.02. The van der Waals surface area contributed by atoms with E-state index in [2.05, 4.69) is 14.7 Å². The van der Waals surface area contributed by atoms with Crippen molar-refractivity contribution in [2.24, 2.45) is 0 Å². The fourth-order valence-corrected chi connectivity index (χ4v) is 3.30. The van der Waals surface area contributed by atoms with E-state index in [9.17, 15) is 22.4 Å². The van der Waals surface area contributed by atoms with Gasteiger partial charge in [0.1, 0.15) is 17.7 Å². The van der Waals surface area contributed by atoms with E-state index in [0.29, 0.717) is 24.2 Å². The summed E-state index contributed by atoms with van der Waals surface area (Å²) in [6, 6.07) is 4.73. The molecular weight excluding hydrogens is 390 g/mol. The van der Waals surface area contributed by atoms with Crippen LogP contribution in [0.3, 0.4) is 0 Å². The van der Waals surface area contributed by atoms with Gasteiger partial charge in [-0.05, 0) is 48.4 Å².